The molecule has 1 N–H and O–H groups in total. The van der Waals surface area contributed by atoms with E-state index in [1.54, 1.807) is 19.1 Å². The van der Waals surface area contributed by atoms with Crippen LogP contribution in [0.25, 0.3) is 11.4 Å². The molecule has 3 rings (SSSR count). The van der Waals surface area contributed by atoms with E-state index in [1.165, 1.54) is 6.07 Å². The highest BCUT2D eigenvalue weighted by molar-refractivity contribution is 5.54. The summed E-state index contributed by atoms with van der Waals surface area (Å²) in [6, 6.07) is 5.15. The average molecular weight is 305 g/mol. The first-order valence-corrected chi connectivity index (χ1v) is 7.57. The molecule has 0 amide bonds. The van der Waals surface area contributed by atoms with Crippen molar-refractivity contribution >= 4 is 0 Å². The predicted molar refractivity (Wildman–Crippen MR) is 79.7 cm³/mol. The van der Waals surface area contributed by atoms with Gasteiger partial charge in [-0.3, -0.25) is 0 Å². The van der Waals surface area contributed by atoms with Crippen LogP contribution in [0.1, 0.15) is 31.2 Å². The number of halogens is 1. The van der Waals surface area contributed by atoms with Crippen LogP contribution in [0.3, 0.4) is 0 Å². The maximum atomic E-state index is 13.6. The Morgan fingerprint density at radius 1 is 1.45 bits per heavy atom. The lowest BCUT2D eigenvalue weighted by Gasteiger charge is -2.18. The summed E-state index contributed by atoms with van der Waals surface area (Å²) in [6.45, 7) is 5.11. The molecule has 6 heteroatoms. The third-order valence-corrected chi connectivity index (χ3v) is 4.00. The molecule has 1 aromatic heterocycles. The van der Waals surface area contributed by atoms with Crippen LogP contribution in [0.2, 0.25) is 0 Å². The molecule has 0 radical (unpaired) electrons. The Hall–Kier alpha value is -1.79. The first-order chi connectivity index (χ1) is 10.6. The molecule has 0 spiro atoms. The molecule has 0 bridgehead atoms. The van der Waals surface area contributed by atoms with Crippen molar-refractivity contribution in [2.24, 2.45) is 0 Å². The van der Waals surface area contributed by atoms with Crippen molar-refractivity contribution in [3.05, 3.63) is 35.5 Å². The minimum absolute atomic E-state index is 0.231. The third kappa shape index (κ3) is 3.34. The van der Waals surface area contributed by atoms with Gasteiger partial charge in [0.2, 0.25) is 11.7 Å². The zero-order chi connectivity index (χ0) is 15.5. The van der Waals surface area contributed by atoms with E-state index in [1.807, 2.05) is 0 Å². The monoisotopic (exact) mass is 305 g/mol. The van der Waals surface area contributed by atoms with Crippen molar-refractivity contribution in [2.45, 2.75) is 45.4 Å². The van der Waals surface area contributed by atoms with Crippen molar-refractivity contribution in [2.75, 3.05) is 6.61 Å². The highest BCUT2D eigenvalue weighted by atomic mass is 19.1. The van der Waals surface area contributed by atoms with E-state index >= 15 is 0 Å². The van der Waals surface area contributed by atoms with Gasteiger partial charge in [0, 0.05) is 18.2 Å². The molecule has 2 aromatic rings. The predicted octanol–water partition coefficient (Wildman–Crippen LogP) is 2.84. The third-order valence-electron chi connectivity index (χ3n) is 4.00. The zero-order valence-electron chi connectivity index (χ0n) is 12.8. The van der Waals surface area contributed by atoms with E-state index in [9.17, 15) is 4.39 Å². The molecule has 1 aliphatic heterocycles. The summed E-state index contributed by atoms with van der Waals surface area (Å²) in [7, 11) is 0. The second-order valence-electron chi connectivity index (χ2n) is 5.70. The maximum Gasteiger partial charge on any atom is 0.240 e. The molecule has 1 aromatic carbocycles. The van der Waals surface area contributed by atoms with Crippen LogP contribution in [0, 0.1) is 12.7 Å². The lowest BCUT2D eigenvalue weighted by Crippen LogP contribution is -2.36. The molecule has 5 nitrogen and oxygen atoms in total. The van der Waals surface area contributed by atoms with Gasteiger partial charge in [0.25, 0.3) is 0 Å². The van der Waals surface area contributed by atoms with Crippen molar-refractivity contribution in [1.82, 2.24) is 15.5 Å². The summed E-state index contributed by atoms with van der Waals surface area (Å²) < 4.78 is 24.4. The molecule has 0 aliphatic carbocycles. The number of hydrogen-bond acceptors (Lipinski definition) is 5. The number of hydrogen-bond donors (Lipinski definition) is 1. The van der Waals surface area contributed by atoms with Gasteiger partial charge in [0.15, 0.2) is 0 Å². The molecule has 22 heavy (non-hydrogen) atoms. The Labute approximate surface area is 128 Å². The van der Waals surface area contributed by atoms with E-state index in [2.05, 4.69) is 22.4 Å². The molecular weight excluding hydrogens is 285 g/mol. The second-order valence-corrected chi connectivity index (χ2v) is 5.70. The maximum absolute atomic E-state index is 13.6. The summed E-state index contributed by atoms with van der Waals surface area (Å²) >= 11 is 0. The van der Waals surface area contributed by atoms with E-state index in [4.69, 9.17) is 9.26 Å². The van der Waals surface area contributed by atoms with Crippen molar-refractivity contribution < 1.29 is 13.7 Å². The number of ether oxygens (including phenoxy) is 1. The van der Waals surface area contributed by atoms with E-state index in [0.717, 1.165) is 19.4 Å². The van der Waals surface area contributed by atoms with Gasteiger partial charge < -0.3 is 14.6 Å². The van der Waals surface area contributed by atoms with E-state index in [0.29, 0.717) is 29.4 Å². The topological polar surface area (TPSA) is 60.2 Å². The SMILES string of the molecule is Cc1ccc(-c2noc(CN[C@H](C)[C@@H]3CCCO3)n2)cc1F. The number of aromatic nitrogens is 2. The Morgan fingerprint density at radius 2 is 2.32 bits per heavy atom. The highest BCUT2D eigenvalue weighted by Crippen LogP contribution is 2.19. The molecule has 1 fully saturated rings. The fourth-order valence-corrected chi connectivity index (χ4v) is 2.55. The Bertz CT molecular complexity index is 638. The molecule has 1 saturated heterocycles. The number of nitrogens with one attached hydrogen (secondary N) is 1. The van der Waals surface area contributed by atoms with Crippen LogP contribution in [-0.2, 0) is 11.3 Å². The van der Waals surface area contributed by atoms with Gasteiger partial charge in [-0.2, -0.15) is 4.98 Å². The average Bonchev–Trinajstić information content (AvgIpc) is 3.19. The van der Waals surface area contributed by atoms with Gasteiger partial charge in [-0.15, -0.1) is 0 Å². The Morgan fingerprint density at radius 3 is 3.05 bits per heavy atom. The van der Waals surface area contributed by atoms with Gasteiger partial charge in [-0.25, -0.2) is 4.39 Å². The Balaban J connectivity index is 1.62. The van der Waals surface area contributed by atoms with Gasteiger partial charge in [-0.1, -0.05) is 17.3 Å². The lowest BCUT2D eigenvalue weighted by molar-refractivity contribution is 0.0822. The van der Waals surface area contributed by atoms with Crippen molar-refractivity contribution in [3.8, 4) is 11.4 Å². The first-order valence-electron chi connectivity index (χ1n) is 7.57. The standard InChI is InChI=1S/C16H20FN3O2/c1-10-5-6-12(8-13(10)17)16-19-15(22-20-16)9-18-11(2)14-4-3-7-21-14/h5-6,8,11,14,18H,3-4,7,9H2,1-2H3/t11-,14+/m1/s1. The molecule has 2 atom stereocenters. The van der Waals surface area contributed by atoms with Crippen LogP contribution in [0.5, 0.6) is 0 Å². The minimum Gasteiger partial charge on any atom is -0.377 e. The second kappa shape index (κ2) is 6.54. The zero-order valence-corrected chi connectivity index (χ0v) is 12.8. The van der Waals surface area contributed by atoms with Crippen LogP contribution in [0.4, 0.5) is 4.39 Å². The number of aryl methyl sites for hydroxylation is 1. The van der Waals surface area contributed by atoms with Crippen LogP contribution in [-0.4, -0.2) is 28.9 Å². The van der Waals surface area contributed by atoms with Crippen LogP contribution < -0.4 is 5.32 Å². The summed E-state index contributed by atoms with van der Waals surface area (Å²) in [5.41, 5.74) is 1.21. The largest absolute Gasteiger partial charge is 0.377 e. The molecule has 2 heterocycles. The summed E-state index contributed by atoms with van der Waals surface area (Å²) in [4.78, 5) is 4.30. The lowest BCUT2D eigenvalue weighted by atomic mass is 10.1. The van der Waals surface area contributed by atoms with Gasteiger partial charge in [0.05, 0.1) is 12.6 Å². The molecule has 118 valence electrons. The first kappa shape index (κ1) is 15.1. The Kier molecular flexibility index (Phi) is 4.49. The minimum atomic E-state index is -0.269. The van der Waals surface area contributed by atoms with Gasteiger partial charge in [0.1, 0.15) is 5.82 Å². The van der Waals surface area contributed by atoms with Gasteiger partial charge >= 0.3 is 0 Å². The molecular formula is C16H20FN3O2. The van der Waals surface area contributed by atoms with Crippen LogP contribution in [0.15, 0.2) is 22.7 Å². The highest BCUT2D eigenvalue weighted by Gasteiger charge is 2.22. The van der Waals surface area contributed by atoms with E-state index < -0.39 is 0 Å². The summed E-state index contributed by atoms with van der Waals surface area (Å²) in [6.07, 6.45) is 2.43. The molecule has 1 aliphatic rings. The smallest absolute Gasteiger partial charge is 0.240 e. The molecule has 0 unspecified atom stereocenters. The van der Waals surface area contributed by atoms with E-state index in [-0.39, 0.29) is 18.0 Å². The number of nitrogens with zero attached hydrogens (tertiary/aromatic N) is 2. The van der Waals surface area contributed by atoms with Gasteiger partial charge in [-0.05, 0) is 38.3 Å². The van der Waals surface area contributed by atoms with Crippen molar-refractivity contribution in [3.63, 3.8) is 0 Å². The number of benzene rings is 1. The fraction of sp³-hybridized carbons (Fsp3) is 0.500. The summed E-state index contributed by atoms with van der Waals surface area (Å²) in [5, 5.41) is 7.24. The fourth-order valence-electron chi connectivity index (χ4n) is 2.55. The summed E-state index contributed by atoms with van der Waals surface area (Å²) in [5.74, 6) is 0.621. The normalized spacial score (nSPS) is 19.5. The van der Waals surface area contributed by atoms with Crippen molar-refractivity contribution in [1.29, 1.82) is 0 Å². The molecule has 0 saturated carbocycles. The van der Waals surface area contributed by atoms with Crippen LogP contribution >= 0.6 is 0 Å². The quantitative estimate of drug-likeness (QED) is 0.920. The number of rotatable bonds is 5.